The highest BCUT2D eigenvalue weighted by atomic mass is 16.7. The van der Waals surface area contributed by atoms with Gasteiger partial charge in [0.15, 0.2) is 18.5 Å². The molecule has 306 valence electrons. The minimum absolute atomic E-state index is 0.182. The molecule has 1 fully saturated rings. The Hall–Kier alpha value is -2.57. The Kier molecular flexibility index (Phi) is 30.0. The molecule has 53 heavy (non-hydrogen) atoms. The largest absolute Gasteiger partial charge is 0.479 e. The molecular weight excluding hydrogens is 680 g/mol. The Bertz CT molecular complexity index is 1030. The summed E-state index contributed by atoms with van der Waals surface area (Å²) in [7, 11) is 0. The highest BCUT2D eigenvalue weighted by Gasteiger charge is 2.47. The van der Waals surface area contributed by atoms with Gasteiger partial charge in [-0.05, 0) is 44.9 Å². The van der Waals surface area contributed by atoms with E-state index in [1.54, 1.807) is 0 Å². The Morgan fingerprint density at radius 3 is 1.68 bits per heavy atom. The number of carbonyl (C=O) groups is 3. The molecular formula is C42H72O11. The lowest BCUT2D eigenvalue weighted by Gasteiger charge is -2.38. The van der Waals surface area contributed by atoms with Crippen LogP contribution in [-0.2, 0) is 33.3 Å². The number of aliphatic hydroxyl groups excluding tert-OH is 3. The van der Waals surface area contributed by atoms with E-state index in [2.05, 4.69) is 50.3 Å². The molecule has 1 aliphatic rings. The van der Waals surface area contributed by atoms with Gasteiger partial charge in [0.1, 0.15) is 24.9 Å². The van der Waals surface area contributed by atoms with Crippen LogP contribution >= 0.6 is 0 Å². The van der Waals surface area contributed by atoms with Crippen molar-refractivity contribution in [2.45, 2.75) is 198 Å². The number of esters is 2. The van der Waals surface area contributed by atoms with Gasteiger partial charge in [-0.2, -0.15) is 0 Å². The molecule has 0 aliphatic carbocycles. The summed E-state index contributed by atoms with van der Waals surface area (Å²) < 4.78 is 21.6. The average molecular weight is 753 g/mol. The fourth-order valence-electron chi connectivity index (χ4n) is 6.01. The first-order valence-corrected chi connectivity index (χ1v) is 20.5. The normalized spacial score (nSPS) is 21.1. The van der Waals surface area contributed by atoms with Gasteiger partial charge in [0.05, 0.1) is 6.61 Å². The summed E-state index contributed by atoms with van der Waals surface area (Å²) in [6.07, 6.45) is 26.4. The van der Waals surface area contributed by atoms with Crippen LogP contribution in [0.3, 0.4) is 0 Å². The first-order chi connectivity index (χ1) is 25.7. The maximum Gasteiger partial charge on any atom is 0.335 e. The zero-order valence-electron chi connectivity index (χ0n) is 32.8. The summed E-state index contributed by atoms with van der Waals surface area (Å²) in [6.45, 7) is 3.66. The second kappa shape index (κ2) is 32.8. The molecule has 0 spiro atoms. The maximum absolute atomic E-state index is 12.7. The topological polar surface area (TPSA) is 169 Å². The number of hydrogen-bond donors (Lipinski definition) is 4. The number of carboxylic acid groups (broad SMARTS) is 1. The van der Waals surface area contributed by atoms with Gasteiger partial charge in [-0.15, -0.1) is 0 Å². The van der Waals surface area contributed by atoms with Crippen LogP contribution < -0.4 is 0 Å². The molecule has 1 rings (SSSR count). The number of aliphatic carboxylic acids is 1. The van der Waals surface area contributed by atoms with Crippen LogP contribution in [0.1, 0.15) is 162 Å². The molecule has 0 radical (unpaired) electrons. The van der Waals surface area contributed by atoms with Crippen molar-refractivity contribution < 1.29 is 53.8 Å². The Morgan fingerprint density at radius 2 is 1.11 bits per heavy atom. The van der Waals surface area contributed by atoms with Gasteiger partial charge in [0.2, 0.25) is 0 Å². The number of rotatable bonds is 33. The van der Waals surface area contributed by atoms with Crippen molar-refractivity contribution in [3.8, 4) is 0 Å². The molecule has 0 amide bonds. The predicted octanol–water partition coefficient (Wildman–Crippen LogP) is 8.03. The van der Waals surface area contributed by atoms with E-state index in [1.807, 2.05) is 0 Å². The Balaban J connectivity index is 2.39. The first-order valence-electron chi connectivity index (χ1n) is 20.5. The summed E-state index contributed by atoms with van der Waals surface area (Å²) in [6, 6.07) is 0. The molecule has 0 aromatic heterocycles. The second-order valence-corrected chi connectivity index (χ2v) is 14.1. The van der Waals surface area contributed by atoms with E-state index in [9.17, 15) is 34.8 Å². The van der Waals surface area contributed by atoms with Crippen molar-refractivity contribution in [2.75, 3.05) is 13.2 Å². The zero-order chi connectivity index (χ0) is 38.9. The molecule has 11 heteroatoms. The van der Waals surface area contributed by atoms with Crippen molar-refractivity contribution >= 4 is 17.9 Å². The molecule has 1 heterocycles. The van der Waals surface area contributed by atoms with Crippen molar-refractivity contribution in [1.29, 1.82) is 0 Å². The third-order valence-electron chi connectivity index (χ3n) is 9.25. The standard InChI is InChI=1S/C42H72O11/c1-3-5-7-9-11-13-15-16-17-18-19-20-21-23-24-26-28-30-35(43)50-32-34(33-51-42-39(47)37(45)38(46)40(53-42)41(48)49)52-36(44)31-29-27-25-22-14-12-10-8-6-4-2/h5,7,11,13,16-17,34,37-40,42,45-47H,3-4,6,8-10,12,14-15,18-33H2,1-2H3,(H,48,49)/b7-5-,13-11-,17-16-. The molecule has 11 nitrogen and oxygen atoms in total. The third kappa shape index (κ3) is 25.2. The number of carbonyl (C=O) groups excluding carboxylic acids is 2. The van der Waals surface area contributed by atoms with Crippen molar-refractivity contribution in [3.63, 3.8) is 0 Å². The van der Waals surface area contributed by atoms with Crippen LogP contribution in [0.15, 0.2) is 36.5 Å². The minimum Gasteiger partial charge on any atom is -0.479 e. The molecule has 4 N–H and O–H groups in total. The Morgan fingerprint density at radius 1 is 0.604 bits per heavy atom. The molecule has 6 unspecified atom stereocenters. The van der Waals surface area contributed by atoms with E-state index in [0.29, 0.717) is 12.8 Å². The van der Waals surface area contributed by atoms with E-state index in [1.165, 1.54) is 51.4 Å². The van der Waals surface area contributed by atoms with Crippen molar-refractivity contribution in [2.24, 2.45) is 0 Å². The maximum atomic E-state index is 12.7. The SMILES string of the molecule is CC/C=C\C/C=C\C/C=C\CCCCCCCCCC(=O)OCC(COC1OC(C(=O)O)C(O)C(O)C1O)OC(=O)CCCCCCCCCCCC. The Labute approximate surface area is 319 Å². The lowest BCUT2D eigenvalue weighted by Crippen LogP contribution is -2.60. The van der Waals surface area contributed by atoms with Crippen LogP contribution in [0.4, 0.5) is 0 Å². The number of carboxylic acids is 1. The van der Waals surface area contributed by atoms with Crippen LogP contribution in [0.2, 0.25) is 0 Å². The van der Waals surface area contributed by atoms with E-state index >= 15 is 0 Å². The molecule has 0 aromatic rings. The zero-order valence-corrected chi connectivity index (χ0v) is 32.8. The smallest absolute Gasteiger partial charge is 0.335 e. The molecule has 0 aromatic carbocycles. The number of ether oxygens (including phenoxy) is 4. The fraction of sp³-hybridized carbons (Fsp3) is 0.786. The quantitative estimate of drug-likeness (QED) is 0.0291. The van der Waals surface area contributed by atoms with Gasteiger partial charge in [-0.3, -0.25) is 9.59 Å². The predicted molar refractivity (Wildman–Crippen MR) is 206 cm³/mol. The summed E-state index contributed by atoms with van der Waals surface area (Å²) in [5, 5.41) is 39.7. The highest BCUT2D eigenvalue weighted by Crippen LogP contribution is 2.23. The van der Waals surface area contributed by atoms with E-state index in [0.717, 1.165) is 70.6 Å². The number of aliphatic hydroxyl groups is 3. The van der Waals surface area contributed by atoms with Gasteiger partial charge < -0.3 is 39.4 Å². The molecule has 1 aliphatic heterocycles. The summed E-state index contributed by atoms with van der Waals surface area (Å²) >= 11 is 0. The molecule has 0 bridgehead atoms. The summed E-state index contributed by atoms with van der Waals surface area (Å²) in [5.74, 6) is -2.46. The van der Waals surface area contributed by atoms with Crippen molar-refractivity contribution in [1.82, 2.24) is 0 Å². The average Bonchev–Trinajstić information content (AvgIpc) is 3.14. The minimum atomic E-state index is -1.86. The van der Waals surface area contributed by atoms with Gasteiger partial charge in [0, 0.05) is 12.8 Å². The lowest BCUT2D eigenvalue weighted by molar-refractivity contribution is -0.298. The van der Waals surface area contributed by atoms with Crippen molar-refractivity contribution in [3.05, 3.63) is 36.5 Å². The highest BCUT2D eigenvalue weighted by molar-refractivity contribution is 5.73. The van der Waals surface area contributed by atoms with Gasteiger partial charge >= 0.3 is 17.9 Å². The summed E-state index contributed by atoms with van der Waals surface area (Å²) in [4.78, 5) is 36.6. The summed E-state index contributed by atoms with van der Waals surface area (Å²) in [5.41, 5.74) is 0. The van der Waals surface area contributed by atoms with Crippen LogP contribution in [0.25, 0.3) is 0 Å². The molecule has 1 saturated heterocycles. The lowest BCUT2D eigenvalue weighted by atomic mass is 9.99. The van der Waals surface area contributed by atoms with E-state index in [-0.39, 0.29) is 19.4 Å². The number of allylic oxidation sites excluding steroid dienone is 6. The van der Waals surface area contributed by atoms with Crippen LogP contribution in [-0.4, -0.2) is 88.4 Å². The third-order valence-corrected chi connectivity index (χ3v) is 9.25. The monoisotopic (exact) mass is 753 g/mol. The number of hydrogen-bond acceptors (Lipinski definition) is 10. The first kappa shape index (κ1) is 48.4. The number of unbranched alkanes of at least 4 members (excludes halogenated alkanes) is 16. The molecule has 6 atom stereocenters. The van der Waals surface area contributed by atoms with E-state index in [4.69, 9.17) is 18.9 Å². The van der Waals surface area contributed by atoms with Crippen LogP contribution in [0, 0.1) is 0 Å². The van der Waals surface area contributed by atoms with Gasteiger partial charge in [-0.1, -0.05) is 140 Å². The fourth-order valence-corrected chi connectivity index (χ4v) is 6.01. The van der Waals surface area contributed by atoms with Crippen LogP contribution in [0.5, 0.6) is 0 Å². The second-order valence-electron chi connectivity index (χ2n) is 14.1. The molecule has 0 saturated carbocycles. The van der Waals surface area contributed by atoms with Gasteiger partial charge in [-0.25, -0.2) is 4.79 Å². The van der Waals surface area contributed by atoms with Gasteiger partial charge in [0.25, 0.3) is 0 Å². The van der Waals surface area contributed by atoms with E-state index < -0.39 is 61.3 Å².